The highest BCUT2D eigenvalue weighted by Gasteiger charge is 2.12. The zero-order chi connectivity index (χ0) is 14.5. The number of aliphatic hydroxyl groups excluding tert-OH is 1. The van der Waals surface area contributed by atoms with E-state index in [1.165, 1.54) is 17.0 Å². The van der Waals surface area contributed by atoms with E-state index in [4.69, 9.17) is 0 Å². The Labute approximate surface area is 121 Å². The van der Waals surface area contributed by atoms with E-state index in [2.05, 4.69) is 36.7 Å². The highest BCUT2D eigenvalue weighted by Crippen LogP contribution is 2.17. The van der Waals surface area contributed by atoms with Gasteiger partial charge >= 0.3 is 0 Å². The van der Waals surface area contributed by atoms with Crippen LogP contribution in [-0.2, 0) is 13.1 Å². The predicted octanol–water partition coefficient (Wildman–Crippen LogP) is 2.95. The SMILES string of the molecule is CCn1c(C)cc(CN[C@H](CO)c2ccccc2)c1C. The molecule has 3 nitrogen and oxygen atoms in total. The fourth-order valence-electron chi connectivity index (χ4n) is 2.74. The molecule has 1 atom stereocenters. The lowest BCUT2D eigenvalue weighted by atomic mass is 10.1. The average molecular weight is 272 g/mol. The summed E-state index contributed by atoms with van der Waals surface area (Å²) >= 11 is 0. The molecule has 0 aliphatic heterocycles. The Bertz CT molecular complexity index is 546. The molecule has 0 amide bonds. The second-order valence-electron chi connectivity index (χ2n) is 5.17. The molecule has 0 saturated heterocycles. The van der Waals surface area contributed by atoms with Gasteiger partial charge < -0.3 is 15.0 Å². The van der Waals surface area contributed by atoms with Crippen molar-refractivity contribution in [1.29, 1.82) is 0 Å². The highest BCUT2D eigenvalue weighted by molar-refractivity contribution is 5.27. The molecular formula is C17H24N2O. The lowest BCUT2D eigenvalue weighted by molar-refractivity contribution is 0.243. The summed E-state index contributed by atoms with van der Waals surface area (Å²) in [5.74, 6) is 0. The summed E-state index contributed by atoms with van der Waals surface area (Å²) < 4.78 is 2.31. The van der Waals surface area contributed by atoms with E-state index in [1.807, 2.05) is 30.3 Å². The van der Waals surface area contributed by atoms with Gasteiger partial charge in [-0.2, -0.15) is 0 Å². The van der Waals surface area contributed by atoms with Crippen LogP contribution in [0.5, 0.6) is 0 Å². The van der Waals surface area contributed by atoms with Crippen molar-refractivity contribution in [3.8, 4) is 0 Å². The van der Waals surface area contributed by atoms with Crippen LogP contribution in [0.4, 0.5) is 0 Å². The summed E-state index contributed by atoms with van der Waals surface area (Å²) in [5.41, 5.74) is 5.03. The Morgan fingerprint density at radius 1 is 1.20 bits per heavy atom. The summed E-state index contributed by atoms with van der Waals surface area (Å²) in [4.78, 5) is 0. The molecule has 0 saturated carbocycles. The van der Waals surface area contributed by atoms with Crippen molar-refractivity contribution in [2.75, 3.05) is 6.61 Å². The van der Waals surface area contributed by atoms with Gasteiger partial charge in [0.1, 0.15) is 0 Å². The first-order chi connectivity index (χ1) is 9.67. The Morgan fingerprint density at radius 2 is 1.90 bits per heavy atom. The van der Waals surface area contributed by atoms with Crippen LogP contribution in [0.1, 0.15) is 35.5 Å². The van der Waals surface area contributed by atoms with Crippen LogP contribution in [0.3, 0.4) is 0 Å². The lowest BCUT2D eigenvalue weighted by Gasteiger charge is -2.17. The number of aryl methyl sites for hydroxylation is 1. The Hall–Kier alpha value is -1.58. The van der Waals surface area contributed by atoms with E-state index < -0.39 is 0 Å². The van der Waals surface area contributed by atoms with Gasteiger partial charge in [-0.25, -0.2) is 0 Å². The molecule has 2 aromatic rings. The molecule has 1 aromatic carbocycles. The maximum atomic E-state index is 9.57. The normalized spacial score (nSPS) is 12.6. The maximum absolute atomic E-state index is 9.57. The number of aliphatic hydroxyl groups is 1. The second kappa shape index (κ2) is 6.73. The van der Waals surface area contributed by atoms with E-state index in [1.54, 1.807) is 0 Å². The third-order valence-corrected chi connectivity index (χ3v) is 3.92. The van der Waals surface area contributed by atoms with E-state index in [0.717, 1.165) is 18.7 Å². The minimum absolute atomic E-state index is 0.0131. The summed E-state index contributed by atoms with van der Waals surface area (Å²) in [7, 11) is 0. The topological polar surface area (TPSA) is 37.2 Å². The van der Waals surface area contributed by atoms with Crippen molar-refractivity contribution < 1.29 is 5.11 Å². The van der Waals surface area contributed by atoms with Gasteiger partial charge in [0.2, 0.25) is 0 Å². The van der Waals surface area contributed by atoms with Crippen molar-refractivity contribution >= 4 is 0 Å². The lowest BCUT2D eigenvalue weighted by Crippen LogP contribution is -2.24. The molecule has 0 radical (unpaired) electrons. The fourth-order valence-corrected chi connectivity index (χ4v) is 2.74. The summed E-state index contributed by atoms with van der Waals surface area (Å²) in [6.07, 6.45) is 0. The summed E-state index contributed by atoms with van der Waals surface area (Å²) in [6, 6.07) is 12.3. The first kappa shape index (κ1) is 14.8. The van der Waals surface area contributed by atoms with Gasteiger partial charge in [0.05, 0.1) is 12.6 Å². The van der Waals surface area contributed by atoms with E-state index in [9.17, 15) is 5.11 Å². The van der Waals surface area contributed by atoms with Gasteiger partial charge in [-0.05, 0) is 38.0 Å². The van der Waals surface area contributed by atoms with Crippen LogP contribution in [0.25, 0.3) is 0 Å². The average Bonchev–Trinajstić information content (AvgIpc) is 2.75. The molecule has 0 spiro atoms. The zero-order valence-corrected chi connectivity index (χ0v) is 12.6. The third kappa shape index (κ3) is 3.11. The molecule has 0 aliphatic rings. The molecule has 0 fully saturated rings. The standard InChI is InChI=1S/C17H24N2O/c1-4-19-13(2)10-16(14(19)3)11-18-17(12-20)15-8-6-5-7-9-15/h5-10,17-18,20H,4,11-12H2,1-3H3/t17-/m1/s1. The van der Waals surface area contributed by atoms with Crippen LogP contribution in [-0.4, -0.2) is 16.3 Å². The van der Waals surface area contributed by atoms with Crippen LogP contribution >= 0.6 is 0 Å². The van der Waals surface area contributed by atoms with E-state index >= 15 is 0 Å². The summed E-state index contributed by atoms with van der Waals surface area (Å²) in [6.45, 7) is 8.35. The van der Waals surface area contributed by atoms with Gasteiger partial charge in [-0.1, -0.05) is 30.3 Å². The van der Waals surface area contributed by atoms with E-state index in [-0.39, 0.29) is 12.6 Å². The van der Waals surface area contributed by atoms with Crippen molar-refractivity contribution in [3.63, 3.8) is 0 Å². The molecule has 0 bridgehead atoms. The van der Waals surface area contributed by atoms with Crippen molar-refractivity contribution in [1.82, 2.24) is 9.88 Å². The minimum Gasteiger partial charge on any atom is -0.394 e. The molecule has 0 unspecified atom stereocenters. The molecule has 3 heteroatoms. The summed E-state index contributed by atoms with van der Waals surface area (Å²) in [5, 5.41) is 13.0. The third-order valence-electron chi connectivity index (χ3n) is 3.92. The number of rotatable bonds is 6. The number of hydrogen-bond acceptors (Lipinski definition) is 2. The number of nitrogens with one attached hydrogen (secondary N) is 1. The van der Waals surface area contributed by atoms with Crippen molar-refractivity contribution in [3.05, 3.63) is 58.9 Å². The van der Waals surface area contributed by atoms with Gasteiger partial charge in [-0.3, -0.25) is 0 Å². The van der Waals surface area contributed by atoms with Gasteiger partial charge in [0, 0.05) is 24.5 Å². The Morgan fingerprint density at radius 3 is 2.45 bits per heavy atom. The minimum atomic E-state index is -0.0131. The molecule has 0 aliphatic carbocycles. The number of hydrogen-bond donors (Lipinski definition) is 2. The highest BCUT2D eigenvalue weighted by atomic mass is 16.3. The quantitative estimate of drug-likeness (QED) is 0.848. The monoisotopic (exact) mass is 272 g/mol. The Balaban J connectivity index is 2.08. The van der Waals surface area contributed by atoms with Crippen LogP contribution in [0.2, 0.25) is 0 Å². The maximum Gasteiger partial charge on any atom is 0.0626 e. The smallest absolute Gasteiger partial charge is 0.0626 e. The van der Waals surface area contributed by atoms with Crippen LogP contribution in [0.15, 0.2) is 36.4 Å². The van der Waals surface area contributed by atoms with Crippen LogP contribution in [0, 0.1) is 13.8 Å². The molecule has 2 rings (SSSR count). The van der Waals surface area contributed by atoms with Gasteiger partial charge in [0.25, 0.3) is 0 Å². The van der Waals surface area contributed by atoms with E-state index in [0.29, 0.717) is 0 Å². The molecule has 1 aromatic heterocycles. The second-order valence-corrected chi connectivity index (χ2v) is 5.17. The number of nitrogens with zero attached hydrogens (tertiary/aromatic N) is 1. The first-order valence-electron chi connectivity index (χ1n) is 7.22. The molecular weight excluding hydrogens is 248 g/mol. The predicted molar refractivity (Wildman–Crippen MR) is 82.7 cm³/mol. The molecule has 108 valence electrons. The number of aromatic nitrogens is 1. The van der Waals surface area contributed by atoms with Gasteiger partial charge in [0.15, 0.2) is 0 Å². The molecule has 20 heavy (non-hydrogen) atoms. The number of benzene rings is 1. The Kier molecular flexibility index (Phi) is 4.99. The van der Waals surface area contributed by atoms with Crippen molar-refractivity contribution in [2.24, 2.45) is 0 Å². The molecule has 1 heterocycles. The van der Waals surface area contributed by atoms with Crippen LogP contribution < -0.4 is 5.32 Å². The zero-order valence-electron chi connectivity index (χ0n) is 12.6. The van der Waals surface area contributed by atoms with Gasteiger partial charge in [-0.15, -0.1) is 0 Å². The largest absolute Gasteiger partial charge is 0.394 e. The molecule has 2 N–H and O–H groups in total. The van der Waals surface area contributed by atoms with Crippen molar-refractivity contribution in [2.45, 2.75) is 39.9 Å². The first-order valence-corrected chi connectivity index (χ1v) is 7.22. The fraction of sp³-hybridized carbons (Fsp3) is 0.412.